The van der Waals surface area contributed by atoms with Crippen molar-refractivity contribution in [2.45, 2.75) is 44.2 Å². The Morgan fingerprint density at radius 3 is 2.80 bits per heavy atom. The molecule has 2 aromatic rings. The Morgan fingerprint density at radius 2 is 2.12 bits per heavy atom. The molecule has 1 saturated heterocycles. The van der Waals surface area contributed by atoms with Crippen molar-refractivity contribution in [3.63, 3.8) is 0 Å². The summed E-state index contributed by atoms with van der Waals surface area (Å²) in [6.07, 6.45) is 1.79. The Hall–Kier alpha value is -2.41. The van der Waals surface area contributed by atoms with E-state index < -0.39 is 6.10 Å². The van der Waals surface area contributed by atoms with Crippen LogP contribution in [0.1, 0.15) is 30.6 Å². The molecular formula is C18H21FN2O4. The lowest BCUT2D eigenvalue weighted by Gasteiger charge is -2.39. The highest BCUT2D eigenvalue weighted by Gasteiger charge is 2.33. The summed E-state index contributed by atoms with van der Waals surface area (Å²) in [6.45, 7) is 0.582. The zero-order valence-corrected chi connectivity index (χ0v) is 13.8. The lowest BCUT2D eigenvalue weighted by atomic mass is 9.92. The number of H-pyrrole nitrogens is 1. The van der Waals surface area contributed by atoms with Gasteiger partial charge in [-0.2, -0.15) is 5.16 Å². The standard InChI is InChI=1S/C18H21FN2O4/c19-13-5-3-12(4-6-13)10-15-16(22)2-1-9-21(15)18(24)8-7-14-11-17(23)20-25-14/h3-6,11,15-16,22H,1-2,7-10H2,(H,20,23)/t15-,16-/m0/s1. The molecule has 0 unspecified atom stereocenters. The number of halogens is 1. The number of amides is 1. The third-order valence-corrected chi connectivity index (χ3v) is 4.58. The minimum atomic E-state index is -0.604. The van der Waals surface area contributed by atoms with Crippen LogP contribution in [0.25, 0.3) is 0 Å². The number of benzene rings is 1. The highest BCUT2D eigenvalue weighted by Crippen LogP contribution is 2.23. The van der Waals surface area contributed by atoms with Crippen molar-refractivity contribution in [3.05, 3.63) is 57.8 Å². The van der Waals surface area contributed by atoms with Gasteiger partial charge in [0.05, 0.1) is 12.1 Å². The highest BCUT2D eigenvalue weighted by molar-refractivity contribution is 5.77. The van der Waals surface area contributed by atoms with E-state index in [2.05, 4.69) is 5.16 Å². The van der Waals surface area contributed by atoms with Crippen molar-refractivity contribution in [2.75, 3.05) is 6.54 Å². The first-order chi connectivity index (χ1) is 12.0. The fraction of sp³-hybridized carbons (Fsp3) is 0.444. The van der Waals surface area contributed by atoms with E-state index in [0.29, 0.717) is 31.6 Å². The summed E-state index contributed by atoms with van der Waals surface area (Å²) >= 11 is 0. The molecule has 1 amide bonds. The maximum atomic E-state index is 13.1. The second-order valence-corrected chi connectivity index (χ2v) is 6.37. The summed E-state index contributed by atoms with van der Waals surface area (Å²) < 4.78 is 18.0. The number of aromatic amines is 1. The van der Waals surface area contributed by atoms with E-state index in [1.165, 1.54) is 18.2 Å². The molecule has 6 nitrogen and oxygen atoms in total. The molecule has 1 aliphatic heterocycles. The van der Waals surface area contributed by atoms with Gasteiger partial charge in [-0.05, 0) is 37.0 Å². The van der Waals surface area contributed by atoms with Crippen LogP contribution >= 0.6 is 0 Å². The summed E-state index contributed by atoms with van der Waals surface area (Å²) in [5.74, 6) is 0.0366. The van der Waals surface area contributed by atoms with Crippen LogP contribution in [0.4, 0.5) is 4.39 Å². The zero-order chi connectivity index (χ0) is 17.8. The second-order valence-electron chi connectivity index (χ2n) is 6.37. The van der Waals surface area contributed by atoms with Gasteiger partial charge in [-0.1, -0.05) is 12.1 Å². The molecule has 3 rings (SSSR count). The number of likely N-dealkylation sites (tertiary alicyclic amines) is 1. The molecule has 0 radical (unpaired) electrons. The van der Waals surface area contributed by atoms with Crippen molar-refractivity contribution in [3.8, 4) is 0 Å². The monoisotopic (exact) mass is 348 g/mol. The molecule has 25 heavy (non-hydrogen) atoms. The maximum absolute atomic E-state index is 13.1. The summed E-state index contributed by atoms with van der Waals surface area (Å²) in [5.41, 5.74) is 0.548. The van der Waals surface area contributed by atoms with Gasteiger partial charge in [0.2, 0.25) is 5.91 Å². The molecule has 1 aromatic carbocycles. The molecule has 1 fully saturated rings. The van der Waals surface area contributed by atoms with E-state index in [9.17, 15) is 19.1 Å². The molecule has 2 atom stereocenters. The molecule has 0 spiro atoms. The van der Waals surface area contributed by atoms with Crippen LogP contribution in [0.15, 0.2) is 39.6 Å². The molecular weight excluding hydrogens is 327 g/mol. The van der Waals surface area contributed by atoms with E-state index in [-0.39, 0.29) is 29.7 Å². The molecule has 2 N–H and O–H groups in total. The minimum Gasteiger partial charge on any atom is -0.391 e. The summed E-state index contributed by atoms with van der Waals surface area (Å²) in [6, 6.07) is 7.11. The topological polar surface area (TPSA) is 86.5 Å². The van der Waals surface area contributed by atoms with Crippen LogP contribution in [-0.2, 0) is 17.6 Å². The predicted octanol–water partition coefficient (Wildman–Crippen LogP) is 1.63. The van der Waals surface area contributed by atoms with Gasteiger partial charge in [0.1, 0.15) is 11.6 Å². The van der Waals surface area contributed by atoms with E-state index in [1.807, 2.05) is 0 Å². The van der Waals surface area contributed by atoms with Gasteiger partial charge in [-0.15, -0.1) is 0 Å². The van der Waals surface area contributed by atoms with Gasteiger partial charge in [0.25, 0.3) is 5.56 Å². The quantitative estimate of drug-likeness (QED) is 0.860. The van der Waals surface area contributed by atoms with E-state index in [1.54, 1.807) is 17.0 Å². The van der Waals surface area contributed by atoms with Gasteiger partial charge in [-0.25, -0.2) is 4.39 Å². The normalized spacial score (nSPS) is 20.6. The Bertz CT molecular complexity index is 768. The van der Waals surface area contributed by atoms with E-state index in [4.69, 9.17) is 4.52 Å². The third-order valence-electron chi connectivity index (χ3n) is 4.58. The van der Waals surface area contributed by atoms with E-state index in [0.717, 1.165) is 12.0 Å². The van der Waals surface area contributed by atoms with Crippen molar-refractivity contribution in [1.82, 2.24) is 10.1 Å². The number of hydrogen-bond acceptors (Lipinski definition) is 4. The summed E-state index contributed by atoms with van der Waals surface area (Å²) in [7, 11) is 0. The van der Waals surface area contributed by atoms with Crippen LogP contribution in [0.5, 0.6) is 0 Å². The van der Waals surface area contributed by atoms with Crippen LogP contribution in [0.2, 0.25) is 0 Å². The predicted molar refractivity (Wildman–Crippen MR) is 88.5 cm³/mol. The first-order valence-electron chi connectivity index (χ1n) is 8.42. The van der Waals surface area contributed by atoms with E-state index >= 15 is 0 Å². The number of aliphatic hydroxyl groups is 1. The lowest BCUT2D eigenvalue weighted by Crippen LogP contribution is -2.52. The number of aromatic nitrogens is 1. The Morgan fingerprint density at radius 1 is 1.36 bits per heavy atom. The molecule has 1 aliphatic rings. The fourth-order valence-corrected chi connectivity index (χ4v) is 3.27. The van der Waals surface area contributed by atoms with Gasteiger partial charge in [0.15, 0.2) is 0 Å². The maximum Gasteiger partial charge on any atom is 0.280 e. The smallest absolute Gasteiger partial charge is 0.280 e. The van der Waals surface area contributed by atoms with Gasteiger partial charge in [-0.3, -0.25) is 9.59 Å². The molecule has 1 aromatic heterocycles. The largest absolute Gasteiger partial charge is 0.391 e. The number of hydrogen-bond donors (Lipinski definition) is 2. The SMILES string of the molecule is O=C(CCc1cc(=O)[nH]o1)N1CCC[C@H](O)[C@@H]1Cc1ccc(F)cc1. The highest BCUT2D eigenvalue weighted by atomic mass is 19.1. The molecule has 2 heterocycles. The average molecular weight is 348 g/mol. The van der Waals surface area contributed by atoms with Crippen LogP contribution in [0, 0.1) is 5.82 Å². The van der Waals surface area contributed by atoms with Gasteiger partial charge >= 0.3 is 0 Å². The fourth-order valence-electron chi connectivity index (χ4n) is 3.27. The molecule has 0 bridgehead atoms. The van der Waals surface area contributed by atoms with Crippen LogP contribution in [-0.4, -0.2) is 39.8 Å². The Balaban J connectivity index is 1.66. The minimum absolute atomic E-state index is 0.0882. The first kappa shape index (κ1) is 17.4. The van der Waals surface area contributed by atoms with Crippen molar-refractivity contribution in [1.29, 1.82) is 0 Å². The number of carbonyl (C=O) groups is 1. The second kappa shape index (κ2) is 7.65. The number of piperidine rings is 1. The lowest BCUT2D eigenvalue weighted by molar-refractivity contribution is -0.138. The van der Waals surface area contributed by atoms with Crippen molar-refractivity contribution in [2.24, 2.45) is 0 Å². The number of rotatable bonds is 5. The van der Waals surface area contributed by atoms with Crippen LogP contribution < -0.4 is 5.56 Å². The molecule has 7 heteroatoms. The molecule has 134 valence electrons. The summed E-state index contributed by atoms with van der Waals surface area (Å²) in [5, 5.41) is 12.6. The average Bonchev–Trinajstić information content (AvgIpc) is 3.02. The van der Waals surface area contributed by atoms with Crippen molar-refractivity contribution >= 4 is 5.91 Å². The number of aryl methyl sites for hydroxylation is 1. The Kier molecular flexibility index (Phi) is 5.33. The first-order valence-corrected chi connectivity index (χ1v) is 8.42. The Labute approximate surface area is 144 Å². The third kappa shape index (κ3) is 4.36. The number of aliphatic hydroxyl groups excluding tert-OH is 1. The molecule has 0 aliphatic carbocycles. The van der Waals surface area contributed by atoms with Crippen molar-refractivity contribution < 1.29 is 18.8 Å². The number of nitrogens with zero attached hydrogens (tertiary/aromatic N) is 1. The van der Waals surface area contributed by atoms with Crippen LogP contribution in [0.3, 0.4) is 0 Å². The summed E-state index contributed by atoms with van der Waals surface area (Å²) in [4.78, 5) is 25.4. The van der Waals surface area contributed by atoms with Gasteiger partial charge in [0, 0.05) is 25.5 Å². The number of carbonyl (C=O) groups excluding carboxylic acids is 1. The zero-order valence-electron chi connectivity index (χ0n) is 13.8. The number of nitrogens with one attached hydrogen (secondary N) is 1. The molecule has 0 saturated carbocycles. The van der Waals surface area contributed by atoms with Gasteiger partial charge < -0.3 is 14.5 Å².